The summed E-state index contributed by atoms with van der Waals surface area (Å²) in [5.74, 6) is 0.585. The van der Waals surface area contributed by atoms with E-state index in [0.717, 1.165) is 33.9 Å². The van der Waals surface area contributed by atoms with Crippen LogP contribution in [0.2, 0.25) is 0 Å². The quantitative estimate of drug-likeness (QED) is 0.512. The Morgan fingerprint density at radius 2 is 1.81 bits per heavy atom. The largest absolute Gasteiger partial charge is 0.354 e. The lowest BCUT2D eigenvalue weighted by molar-refractivity contribution is -0.119. The summed E-state index contributed by atoms with van der Waals surface area (Å²) in [6.07, 6.45) is 1.93. The molecule has 5 nitrogen and oxygen atoms in total. The monoisotopic (exact) mass is 406 g/mol. The Kier molecular flexibility index (Phi) is 7.74. The Morgan fingerprint density at radius 3 is 2.44 bits per heavy atom. The minimum Gasteiger partial charge on any atom is -0.354 e. The van der Waals surface area contributed by atoms with Crippen LogP contribution in [0.15, 0.2) is 53.4 Å². The van der Waals surface area contributed by atoms with E-state index >= 15 is 0 Å². The number of nitrogens with one attached hydrogen (secondary N) is 1. The van der Waals surface area contributed by atoms with Crippen molar-refractivity contribution >= 4 is 33.4 Å². The summed E-state index contributed by atoms with van der Waals surface area (Å²) >= 11 is 1.73. The molecule has 0 spiro atoms. The molecular formula is C20H26N2O3S2. The molecule has 2 aromatic carbocycles. The molecule has 27 heavy (non-hydrogen) atoms. The molecule has 0 aliphatic heterocycles. The SMILES string of the molecule is Cc1ccc(N(CC(=O)NCCCSc2ccccc2)S(C)(=O)=O)c(C)c1. The van der Waals surface area contributed by atoms with E-state index in [9.17, 15) is 13.2 Å². The first-order valence-corrected chi connectivity index (χ1v) is 11.6. The zero-order valence-corrected chi connectivity index (χ0v) is 17.6. The number of thioether (sulfide) groups is 1. The Bertz CT molecular complexity index is 868. The number of amides is 1. The summed E-state index contributed by atoms with van der Waals surface area (Å²) < 4.78 is 25.5. The van der Waals surface area contributed by atoms with E-state index in [1.54, 1.807) is 17.8 Å². The number of nitrogens with zero attached hydrogens (tertiary/aromatic N) is 1. The van der Waals surface area contributed by atoms with Crippen molar-refractivity contribution in [2.75, 3.05) is 29.4 Å². The fraction of sp³-hybridized carbons (Fsp3) is 0.350. The van der Waals surface area contributed by atoms with Gasteiger partial charge in [0.15, 0.2) is 0 Å². The molecule has 0 bridgehead atoms. The first kappa shape index (κ1) is 21.3. The van der Waals surface area contributed by atoms with E-state index < -0.39 is 10.0 Å². The Labute approximate surface area is 166 Å². The van der Waals surface area contributed by atoms with Crippen LogP contribution >= 0.6 is 11.8 Å². The molecule has 0 aromatic heterocycles. The van der Waals surface area contributed by atoms with Crippen LogP contribution in [0.25, 0.3) is 0 Å². The van der Waals surface area contributed by atoms with E-state index in [0.29, 0.717) is 12.2 Å². The van der Waals surface area contributed by atoms with Gasteiger partial charge in [0, 0.05) is 11.4 Å². The third-order valence-electron chi connectivity index (χ3n) is 3.96. The van der Waals surface area contributed by atoms with Crippen LogP contribution in [0.3, 0.4) is 0 Å². The summed E-state index contributed by atoms with van der Waals surface area (Å²) in [4.78, 5) is 13.5. The first-order chi connectivity index (χ1) is 12.8. The summed E-state index contributed by atoms with van der Waals surface area (Å²) in [6, 6.07) is 15.6. The fourth-order valence-electron chi connectivity index (χ4n) is 2.66. The van der Waals surface area contributed by atoms with E-state index in [1.165, 1.54) is 4.90 Å². The number of aryl methyl sites for hydroxylation is 2. The number of carbonyl (C=O) groups is 1. The van der Waals surface area contributed by atoms with Gasteiger partial charge < -0.3 is 5.32 Å². The molecule has 7 heteroatoms. The van der Waals surface area contributed by atoms with Gasteiger partial charge in [-0.05, 0) is 49.8 Å². The maximum atomic E-state index is 12.3. The van der Waals surface area contributed by atoms with Crippen molar-refractivity contribution in [3.63, 3.8) is 0 Å². The standard InChI is InChI=1S/C20H26N2O3S2/c1-16-10-11-19(17(2)14-16)22(27(3,24)25)15-20(23)21-12-7-13-26-18-8-5-4-6-9-18/h4-6,8-11,14H,7,12-13,15H2,1-3H3,(H,21,23). The van der Waals surface area contributed by atoms with Gasteiger partial charge >= 0.3 is 0 Å². The predicted octanol–water partition coefficient (Wildman–Crippen LogP) is 3.37. The van der Waals surface area contributed by atoms with Crippen LogP contribution in [0.5, 0.6) is 0 Å². The second-order valence-corrected chi connectivity index (χ2v) is 9.50. The van der Waals surface area contributed by atoms with Gasteiger partial charge in [-0.1, -0.05) is 35.9 Å². The van der Waals surface area contributed by atoms with Crippen LogP contribution < -0.4 is 9.62 Å². The third-order valence-corrected chi connectivity index (χ3v) is 6.19. The molecule has 0 fully saturated rings. The van der Waals surface area contributed by atoms with E-state index in [-0.39, 0.29) is 12.5 Å². The second-order valence-electron chi connectivity index (χ2n) is 6.42. The Hall–Kier alpha value is -1.99. The predicted molar refractivity (Wildman–Crippen MR) is 113 cm³/mol. The van der Waals surface area contributed by atoms with Gasteiger partial charge in [0.25, 0.3) is 0 Å². The molecule has 2 rings (SSSR count). The van der Waals surface area contributed by atoms with Crippen LogP contribution in [0, 0.1) is 13.8 Å². The zero-order chi connectivity index (χ0) is 19.9. The highest BCUT2D eigenvalue weighted by molar-refractivity contribution is 7.99. The average Bonchev–Trinajstić information content (AvgIpc) is 2.60. The molecule has 2 aromatic rings. The highest BCUT2D eigenvalue weighted by atomic mass is 32.2. The average molecular weight is 407 g/mol. The number of hydrogen-bond donors (Lipinski definition) is 1. The van der Waals surface area contributed by atoms with Gasteiger partial charge in [0.1, 0.15) is 6.54 Å². The maximum absolute atomic E-state index is 12.3. The Balaban J connectivity index is 1.87. The molecule has 0 saturated carbocycles. The maximum Gasteiger partial charge on any atom is 0.240 e. The normalized spacial score (nSPS) is 11.2. The highest BCUT2D eigenvalue weighted by Crippen LogP contribution is 2.23. The van der Waals surface area contributed by atoms with Crippen molar-refractivity contribution in [3.8, 4) is 0 Å². The smallest absolute Gasteiger partial charge is 0.240 e. The molecule has 0 saturated heterocycles. The Morgan fingerprint density at radius 1 is 1.11 bits per heavy atom. The summed E-state index contributed by atoms with van der Waals surface area (Å²) in [6.45, 7) is 4.10. The molecule has 0 aliphatic rings. The topological polar surface area (TPSA) is 66.5 Å². The van der Waals surface area contributed by atoms with Gasteiger partial charge in [-0.25, -0.2) is 8.42 Å². The van der Waals surface area contributed by atoms with Crippen LogP contribution in [0.1, 0.15) is 17.5 Å². The van der Waals surface area contributed by atoms with Gasteiger partial charge in [-0.3, -0.25) is 9.10 Å². The van der Waals surface area contributed by atoms with Gasteiger partial charge in [0.2, 0.25) is 15.9 Å². The highest BCUT2D eigenvalue weighted by Gasteiger charge is 2.22. The molecule has 0 radical (unpaired) electrons. The lowest BCUT2D eigenvalue weighted by Crippen LogP contribution is -2.41. The third kappa shape index (κ3) is 6.92. The number of anilines is 1. The second kappa shape index (κ2) is 9.80. The van der Waals surface area contributed by atoms with Crippen molar-refractivity contribution < 1.29 is 13.2 Å². The van der Waals surface area contributed by atoms with E-state index in [4.69, 9.17) is 0 Å². The van der Waals surface area contributed by atoms with Crippen LogP contribution in [-0.4, -0.2) is 39.4 Å². The molecular weight excluding hydrogens is 380 g/mol. The van der Waals surface area contributed by atoms with Crippen molar-refractivity contribution in [2.45, 2.75) is 25.2 Å². The van der Waals surface area contributed by atoms with Gasteiger partial charge in [-0.15, -0.1) is 11.8 Å². The van der Waals surface area contributed by atoms with Crippen molar-refractivity contribution in [1.29, 1.82) is 0 Å². The summed E-state index contributed by atoms with van der Waals surface area (Å²) in [5.41, 5.74) is 2.41. The molecule has 0 heterocycles. The fourth-order valence-corrected chi connectivity index (χ4v) is 4.45. The van der Waals surface area contributed by atoms with Crippen molar-refractivity contribution in [3.05, 3.63) is 59.7 Å². The molecule has 0 unspecified atom stereocenters. The molecule has 0 atom stereocenters. The van der Waals surface area contributed by atoms with E-state index in [1.807, 2.05) is 44.2 Å². The lowest BCUT2D eigenvalue weighted by atomic mass is 10.1. The summed E-state index contributed by atoms with van der Waals surface area (Å²) in [7, 11) is -3.55. The number of sulfonamides is 1. The molecule has 1 N–H and O–H groups in total. The summed E-state index contributed by atoms with van der Waals surface area (Å²) in [5, 5.41) is 2.81. The minimum atomic E-state index is -3.55. The lowest BCUT2D eigenvalue weighted by Gasteiger charge is -2.24. The first-order valence-electron chi connectivity index (χ1n) is 8.77. The molecule has 146 valence electrons. The van der Waals surface area contributed by atoms with Crippen molar-refractivity contribution in [2.24, 2.45) is 0 Å². The molecule has 0 aliphatic carbocycles. The van der Waals surface area contributed by atoms with Gasteiger partial charge in [0.05, 0.1) is 11.9 Å². The number of carbonyl (C=O) groups excluding carboxylic acids is 1. The van der Waals surface area contributed by atoms with Gasteiger partial charge in [-0.2, -0.15) is 0 Å². The van der Waals surface area contributed by atoms with Crippen LogP contribution in [-0.2, 0) is 14.8 Å². The number of hydrogen-bond acceptors (Lipinski definition) is 4. The molecule has 1 amide bonds. The zero-order valence-electron chi connectivity index (χ0n) is 15.9. The van der Waals surface area contributed by atoms with E-state index in [2.05, 4.69) is 17.4 Å². The van der Waals surface area contributed by atoms with Crippen molar-refractivity contribution in [1.82, 2.24) is 5.32 Å². The minimum absolute atomic E-state index is 0.214. The van der Waals surface area contributed by atoms with Crippen LogP contribution in [0.4, 0.5) is 5.69 Å². The number of benzene rings is 2. The number of rotatable bonds is 9.